The van der Waals surface area contributed by atoms with Crippen molar-refractivity contribution in [1.82, 2.24) is 9.88 Å². The Hall–Kier alpha value is -1.40. The molecule has 0 aliphatic rings. The number of nitrogens with zero attached hydrogens (tertiary/aromatic N) is 1. The summed E-state index contributed by atoms with van der Waals surface area (Å²) in [4.78, 5) is 17.7. The Bertz CT molecular complexity index is 583. The second-order valence-electron chi connectivity index (χ2n) is 4.07. The molecule has 18 heavy (non-hydrogen) atoms. The first-order chi connectivity index (χ1) is 8.56. The van der Waals surface area contributed by atoms with E-state index >= 15 is 0 Å². The molecule has 2 aromatic heterocycles. The van der Waals surface area contributed by atoms with Crippen LogP contribution < -0.4 is 0 Å². The molecular formula is C12H14N2O2S2. The molecule has 96 valence electrons. The summed E-state index contributed by atoms with van der Waals surface area (Å²) >= 11 is 6.51. The molecule has 0 aromatic carbocycles. The highest BCUT2D eigenvalue weighted by Crippen LogP contribution is 2.16. The lowest BCUT2D eigenvalue weighted by Gasteiger charge is -2.15. The lowest BCUT2D eigenvalue weighted by Crippen LogP contribution is -2.27. The second-order valence-corrected chi connectivity index (χ2v) is 5.84. The highest BCUT2D eigenvalue weighted by Gasteiger charge is 2.14. The molecule has 0 saturated heterocycles. The third-order valence-electron chi connectivity index (χ3n) is 2.63. The highest BCUT2D eigenvalue weighted by molar-refractivity contribution is 7.73. The smallest absolute Gasteiger partial charge is 0.228 e. The molecule has 2 rings (SSSR count). The SMILES string of the molecule is Cc1[nH]c(=S)sc1CC(=O)N(C)Cc1ccco1. The normalized spacial score (nSPS) is 10.6. The van der Waals surface area contributed by atoms with Gasteiger partial charge in [-0.15, -0.1) is 11.3 Å². The number of furan rings is 1. The summed E-state index contributed by atoms with van der Waals surface area (Å²) in [7, 11) is 1.77. The van der Waals surface area contributed by atoms with Crippen LogP contribution in [-0.4, -0.2) is 22.8 Å². The van der Waals surface area contributed by atoms with Crippen molar-refractivity contribution in [2.24, 2.45) is 0 Å². The Labute approximate surface area is 114 Å². The number of likely N-dealkylation sites (N-methyl/N-ethyl adjacent to an activating group) is 1. The summed E-state index contributed by atoms with van der Waals surface area (Å²) in [6, 6.07) is 3.67. The summed E-state index contributed by atoms with van der Waals surface area (Å²) in [6.45, 7) is 2.42. The van der Waals surface area contributed by atoms with Crippen LogP contribution in [0.1, 0.15) is 16.3 Å². The number of thiazole rings is 1. The fourth-order valence-electron chi connectivity index (χ4n) is 1.60. The van der Waals surface area contributed by atoms with Gasteiger partial charge in [-0.25, -0.2) is 0 Å². The maximum atomic E-state index is 12.0. The largest absolute Gasteiger partial charge is 0.467 e. The summed E-state index contributed by atoms with van der Waals surface area (Å²) in [6.07, 6.45) is 1.98. The molecule has 1 N–H and O–H groups in total. The Morgan fingerprint density at radius 1 is 1.61 bits per heavy atom. The van der Waals surface area contributed by atoms with E-state index in [4.69, 9.17) is 16.6 Å². The van der Waals surface area contributed by atoms with Gasteiger partial charge in [0, 0.05) is 17.6 Å². The molecule has 0 aliphatic carbocycles. The first-order valence-corrected chi connectivity index (χ1v) is 6.73. The predicted molar refractivity (Wildman–Crippen MR) is 73.1 cm³/mol. The van der Waals surface area contributed by atoms with Crippen LogP contribution in [-0.2, 0) is 17.8 Å². The maximum absolute atomic E-state index is 12.0. The minimum Gasteiger partial charge on any atom is -0.467 e. The van der Waals surface area contributed by atoms with Crippen molar-refractivity contribution in [1.29, 1.82) is 0 Å². The summed E-state index contributed by atoms with van der Waals surface area (Å²) in [5.74, 6) is 0.837. The monoisotopic (exact) mass is 282 g/mol. The van der Waals surface area contributed by atoms with Crippen molar-refractivity contribution < 1.29 is 9.21 Å². The summed E-state index contributed by atoms with van der Waals surface area (Å²) in [5, 5.41) is 0. The number of hydrogen-bond donors (Lipinski definition) is 1. The molecule has 0 saturated carbocycles. The Morgan fingerprint density at radius 2 is 2.39 bits per heavy atom. The van der Waals surface area contributed by atoms with Gasteiger partial charge in [0.1, 0.15) is 5.76 Å². The molecule has 0 aliphatic heterocycles. The van der Waals surface area contributed by atoms with Gasteiger partial charge in [-0.1, -0.05) is 0 Å². The topological polar surface area (TPSA) is 49.2 Å². The van der Waals surface area contributed by atoms with Gasteiger partial charge in [-0.05, 0) is 31.3 Å². The average Bonchev–Trinajstić information content (AvgIpc) is 2.89. The minimum absolute atomic E-state index is 0.0553. The number of H-pyrrole nitrogens is 1. The first-order valence-electron chi connectivity index (χ1n) is 5.51. The van der Waals surface area contributed by atoms with Gasteiger partial charge in [0.05, 0.1) is 19.2 Å². The van der Waals surface area contributed by atoms with Crippen molar-refractivity contribution in [2.45, 2.75) is 19.9 Å². The van der Waals surface area contributed by atoms with Gasteiger partial charge in [0.25, 0.3) is 0 Å². The second kappa shape index (κ2) is 5.49. The van der Waals surface area contributed by atoms with E-state index in [0.717, 1.165) is 16.3 Å². The van der Waals surface area contributed by atoms with Gasteiger partial charge in [-0.3, -0.25) is 4.79 Å². The van der Waals surface area contributed by atoms with E-state index in [0.29, 0.717) is 16.9 Å². The van der Waals surface area contributed by atoms with E-state index in [2.05, 4.69) is 4.98 Å². The van der Waals surface area contributed by atoms with Crippen LogP contribution in [0.15, 0.2) is 22.8 Å². The third kappa shape index (κ3) is 3.08. The van der Waals surface area contributed by atoms with E-state index in [1.54, 1.807) is 18.2 Å². The van der Waals surface area contributed by atoms with Gasteiger partial charge in [0.15, 0.2) is 3.95 Å². The Kier molecular flexibility index (Phi) is 3.98. The molecule has 0 fully saturated rings. The Morgan fingerprint density at radius 3 is 2.94 bits per heavy atom. The number of hydrogen-bond acceptors (Lipinski definition) is 4. The molecule has 2 heterocycles. The molecule has 0 atom stereocenters. The fraction of sp³-hybridized carbons (Fsp3) is 0.333. The third-order valence-corrected chi connectivity index (χ3v) is 3.97. The lowest BCUT2D eigenvalue weighted by atomic mass is 10.2. The van der Waals surface area contributed by atoms with Crippen LogP contribution in [0.3, 0.4) is 0 Å². The van der Waals surface area contributed by atoms with E-state index in [1.165, 1.54) is 11.3 Å². The predicted octanol–water partition coefficient (Wildman–Crippen LogP) is 2.91. The number of amides is 1. The first kappa shape index (κ1) is 13.0. The fourth-order valence-corrected chi connectivity index (χ4v) is 2.88. The van der Waals surface area contributed by atoms with Crippen LogP contribution >= 0.6 is 23.6 Å². The number of nitrogens with one attached hydrogen (secondary N) is 1. The number of aromatic nitrogens is 1. The van der Waals surface area contributed by atoms with Crippen molar-refractivity contribution in [3.05, 3.63) is 38.7 Å². The van der Waals surface area contributed by atoms with Crippen molar-refractivity contribution in [3.8, 4) is 0 Å². The van der Waals surface area contributed by atoms with E-state index in [9.17, 15) is 4.79 Å². The summed E-state index contributed by atoms with van der Waals surface area (Å²) < 4.78 is 5.93. The van der Waals surface area contributed by atoms with Crippen LogP contribution in [0, 0.1) is 10.9 Å². The molecule has 0 bridgehead atoms. The van der Waals surface area contributed by atoms with Crippen molar-refractivity contribution in [3.63, 3.8) is 0 Å². The number of aromatic amines is 1. The van der Waals surface area contributed by atoms with Crippen LogP contribution in [0.4, 0.5) is 0 Å². The van der Waals surface area contributed by atoms with E-state index in [-0.39, 0.29) is 5.91 Å². The van der Waals surface area contributed by atoms with E-state index in [1.807, 2.05) is 19.1 Å². The van der Waals surface area contributed by atoms with Gasteiger partial charge in [0.2, 0.25) is 5.91 Å². The van der Waals surface area contributed by atoms with Gasteiger partial charge < -0.3 is 14.3 Å². The quantitative estimate of drug-likeness (QED) is 0.877. The minimum atomic E-state index is 0.0553. The van der Waals surface area contributed by atoms with Crippen LogP contribution in [0.2, 0.25) is 0 Å². The molecule has 1 amide bonds. The van der Waals surface area contributed by atoms with Gasteiger partial charge >= 0.3 is 0 Å². The van der Waals surface area contributed by atoms with Gasteiger partial charge in [-0.2, -0.15) is 0 Å². The molecule has 6 heteroatoms. The zero-order chi connectivity index (χ0) is 13.1. The molecule has 4 nitrogen and oxygen atoms in total. The molecular weight excluding hydrogens is 268 g/mol. The lowest BCUT2D eigenvalue weighted by molar-refractivity contribution is -0.129. The molecule has 2 aromatic rings. The Balaban J connectivity index is 1.99. The summed E-state index contributed by atoms with van der Waals surface area (Å²) in [5.41, 5.74) is 0.977. The molecule has 0 spiro atoms. The van der Waals surface area contributed by atoms with Crippen LogP contribution in [0.25, 0.3) is 0 Å². The zero-order valence-corrected chi connectivity index (χ0v) is 11.9. The number of carbonyl (C=O) groups excluding carboxylic acids is 1. The average molecular weight is 282 g/mol. The van der Waals surface area contributed by atoms with Crippen molar-refractivity contribution in [2.75, 3.05) is 7.05 Å². The van der Waals surface area contributed by atoms with E-state index < -0.39 is 0 Å². The maximum Gasteiger partial charge on any atom is 0.228 e. The number of rotatable bonds is 4. The standard InChI is InChI=1S/C12H14N2O2S2/c1-8-10(18-12(17)13-8)6-11(15)14(2)7-9-4-3-5-16-9/h3-5H,6-7H2,1-2H3,(H,13,17). The highest BCUT2D eigenvalue weighted by atomic mass is 32.1. The number of carbonyl (C=O) groups is 1. The van der Waals surface area contributed by atoms with Crippen LogP contribution in [0.5, 0.6) is 0 Å². The number of aryl methyl sites for hydroxylation is 1. The molecule has 0 radical (unpaired) electrons. The van der Waals surface area contributed by atoms with Crippen molar-refractivity contribution >= 4 is 29.5 Å². The zero-order valence-electron chi connectivity index (χ0n) is 10.2. The molecule has 0 unspecified atom stereocenters.